The van der Waals surface area contributed by atoms with Gasteiger partial charge in [0, 0.05) is 12.6 Å². The van der Waals surface area contributed by atoms with Crippen molar-refractivity contribution in [1.29, 1.82) is 0 Å². The highest BCUT2D eigenvalue weighted by Gasteiger charge is 2.22. The summed E-state index contributed by atoms with van der Waals surface area (Å²) in [5.74, 6) is 0.384. The summed E-state index contributed by atoms with van der Waals surface area (Å²) in [7, 11) is -2.25. The van der Waals surface area contributed by atoms with Crippen molar-refractivity contribution in [3.8, 4) is 11.5 Å². The molecular weight excluding hydrogens is 374 g/mol. The molecule has 0 aliphatic heterocycles. The van der Waals surface area contributed by atoms with E-state index in [0.717, 1.165) is 18.2 Å². The average molecular weight is 398 g/mol. The number of nitrogens with zero attached hydrogens (tertiary/aromatic N) is 1. The van der Waals surface area contributed by atoms with Crippen LogP contribution in [0.5, 0.6) is 11.5 Å². The number of ether oxygens (including phenoxy) is 1. The Morgan fingerprint density at radius 3 is 2.54 bits per heavy atom. The monoisotopic (exact) mass is 397 g/mol. The van der Waals surface area contributed by atoms with E-state index in [1.54, 1.807) is 29.2 Å². The molecule has 0 spiro atoms. The lowest BCUT2D eigenvalue weighted by molar-refractivity contribution is 0.0676. The van der Waals surface area contributed by atoms with Crippen LogP contribution in [0.4, 0.5) is 0 Å². The number of hydrogen-bond donors (Lipinski definition) is 0. The molecule has 1 unspecified atom stereocenters. The van der Waals surface area contributed by atoms with Gasteiger partial charge in [-0.2, -0.15) is 8.42 Å². The van der Waals surface area contributed by atoms with E-state index in [4.69, 9.17) is 8.92 Å². The maximum Gasteiger partial charge on any atom is 0.306 e. The molecule has 1 atom stereocenters. The zero-order valence-corrected chi connectivity index (χ0v) is 16.9. The van der Waals surface area contributed by atoms with Gasteiger partial charge in [-0.1, -0.05) is 19.1 Å². The van der Waals surface area contributed by atoms with Crippen molar-refractivity contribution in [3.05, 3.63) is 46.2 Å². The maximum absolute atomic E-state index is 12.8. The van der Waals surface area contributed by atoms with Crippen LogP contribution in [0.15, 0.2) is 35.7 Å². The van der Waals surface area contributed by atoms with Crippen LogP contribution in [0.25, 0.3) is 0 Å². The molecule has 0 saturated heterocycles. The lowest BCUT2D eigenvalue weighted by Crippen LogP contribution is -2.37. The smallest absolute Gasteiger partial charge is 0.306 e. The molecule has 0 N–H and O–H groups in total. The normalized spacial score (nSPS) is 12.5. The Kier molecular flexibility index (Phi) is 6.66. The molecule has 0 aliphatic rings. The Morgan fingerprint density at radius 2 is 2.00 bits per heavy atom. The first-order chi connectivity index (χ1) is 12.2. The third-order valence-corrected chi connectivity index (χ3v) is 5.28. The lowest BCUT2D eigenvalue weighted by atomic mass is 10.1. The van der Waals surface area contributed by atoms with Crippen molar-refractivity contribution in [2.24, 2.45) is 0 Å². The first-order valence-electron chi connectivity index (χ1n) is 8.16. The lowest BCUT2D eigenvalue weighted by Gasteiger charge is -2.28. The molecule has 0 bridgehead atoms. The molecule has 142 valence electrons. The fourth-order valence-electron chi connectivity index (χ4n) is 2.43. The van der Waals surface area contributed by atoms with Gasteiger partial charge in [-0.15, -0.1) is 11.3 Å². The van der Waals surface area contributed by atoms with Crippen molar-refractivity contribution in [2.45, 2.75) is 32.9 Å². The van der Waals surface area contributed by atoms with Gasteiger partial charge in [-0.05, 0) is 42.5 Å². The second kappa shape index (κ2) is 8.55. The van der Waals surface area contributed by atoms with Crippen LogP contribution < -0.4 is 8.92 Å². The SMILES string of the molecule is CCC(C)N(Cc1ccc(OC)c(OS(C)(=O)=O)c1)C(=O)c1cccs1. The summed E-state index contributed by atoms with van der Waals surface area (Å²) in [6.07, 6.45) is 1.78. The van der Waals surface area contributed by atoms with E-state index in [0.29, 0.717) is 17.2 Å². The van der Waals surface area contributed by atoms with Crippen molar-refractivity contribution >= 4 is 27.4 Å². The third kappa shape index (κ3) is 5.22. The number of carbonyl (C=O) groups is 1. The molecule has 0 saturated carbocycles. The summed E-state index contributed by atoms with van der Waals surface area (Å²) >= 11 is 1.40. The highest BCUT2D eigenvalue weighted by Crippen LogP contribution is 2.30. The van der Waals surface area contributed by atoms with E-state index in [9.17, 15) is 13.2 Å². The first kappa shape index (κ1) is 20.3. The van der Waals surface area contributed by atoms with E-state index in [-0.39, 0.29) is 17.7 Å². The van der Waals surface area contributed by atoms with Gasteiger partial charge in [0.1, 0.15) is 0 Å². The van der Waals surface area contributed by atoms with Gasteiger partial charge in [0.2, 0.25) is 0 Å². The quantitative estimate of drug-likeness (QED) is 0.637. The van der Waals surface area contributed by atoms with Crippen molar-refractivity contribution in [3.63, 3.8) is 0 Å². The number of rotatable bonds is 8. The summed E-state index contributed by atoms with van der Waals surface area (Å²) in [4.78, 5) is 15.3. The Hall–Kier alpha value is -2.06. The van der Waals surface area contributed by atoms with Crippen molar-refractivity contribution < 1.29 is 22.1 Å². The minimum Gasteiger partial charge on any atom is -0.493 e. The molecule has 26 heavy (non-hydrogen) atoms. The highest BCUT2D eigenvalue weighted by molar-refractivity contribution is 7.86. The number of hydrogen-bond acceptors (Lipinski definition) is 6. The first-order valence-corrected chi connectivity index (χ1v) is 10.9. The fraction of sp³-hybridized carbons (Fsp3) is 0.389. The molecule has 1 aromatic carbocycles. The predicted molar refractivity (Wildman–Crippen MR) is 102 cm³/mol. The van der Waals surface area contributed by atoms with Gasteiger partial charge in [-0.25, -0.2) is 0 Å². The summed E-state index contributed by atoms with van der Waals surface area (Å²) in [5, 5.41) is 1.87. The molecule has 0 aliphatic carbocycles. The molecular formula is C18H23NO5S2. The van der Waals surface area contributed by atoms with Gasteiger partial charge < -0.3 is 13.8 Å². The van der Waals surface area contributed by atoms with Gasteiger partial charge in [0.15, 0.2) is 11.5 Å². The second-order valence-corrected chi connectivity index (χ2v) is 8.46. The van der Waals surface area contributed by atoms with E-state index >= 15 is 0 Å². The van der Waals surface area contributed by atoms with Crippen LogP contribution in [0.1, 0.15) is 35.5 Å². The molecule has 1 aromatic heterocycles. The third-order valence-electron chi connectivity index (χ3n) is 3.94. The Labute approximate surface area is 158 Å². The van der Waals surface area contributed by atoms with Crippen LogP contribution >= 0.6 is 11.3 Å². The Balaban J connectivity index is 2.33. The standard InChI is InChI=1S/C18H23NO5S2/c1-5-13(2)19(18(20)17-7-6-10-25-17)12-14-8-9-15(23-3)16(11-14)24-26(4,21)22/h6-11,13H,5,12H2,1-4H3. The molecule has 6 nitrogen and oxygen atoms in total. The van der Waals surface area contributed by atoms with Crippen LogP contribution in [0.3, 0.4) is 0 Å². The van der Waals surface area contributed by atoms with E-state index in [2.05, 4.69) is 0 Å². The number of amides is 1. The van der Waals surface area contributed by atoms with E-state index in [1.165, 1.54) is 18.4 Å². The average Bonchev–Trinajstić information content (AvgIpc) is 3.12. The van der Waals surface area contributed by atoms with E-state index < -0.39 is 10.1 Å². The summed E-state index contributed by atoms with van der Waals surface area (Å²) in [6, 6.07) is 8.71. The molecule has 0 fully saturated rings. The number of thiophene rings is 1. The van der Waals surface area contributed by atoms with Crippen LogP contribution in [0, 0.1) is 0 Å². The highest BCUT2D eigenvalue weighted by atomic mass is 32.2. The summed E-state index contributed by atoms with van der Waals surface area (Å²) in [6.45, 7) is 4.35. The Bertz CT molecular complexity index is 846. The van der Waals surface area contributed by atoms with Crippen molar-refractivity contribution in [1.82, 2.24) is 4.90 Å². The zero-order valence-electron chi connectivity index (χ0n) is 15.3. The van der Waals surface area contributed by atoms with Gasteiger partial charge >= 0.3 is 10.1 Å². The molecule has 2 rings (SSSR count). The molecule has 8 heteroatoms. The minimum atomic E-state index is -3.69. The fourth-order valence-corrected chi connectivity index (χ4v) is 3.57. The topological polar surface area (TPSA) is 72.9 Å². The van der Waals surface area contributed by atoms with Crippen LogP contribution in [-0.4, -0.2) is 38.6 Å². The molecule has 0 radical (unpaired) electrons. The minimum absolute atomic E-state index is 0.0333. The molecule has 1 amide bonds. The van der Waals surface area contributed by atoms with Crippen LogP contribution in [-0.2, 0) is 16.7 Å². The predicted octanol–water partition coefficient (Wildman–Crippen LogP) is 3.54. The number of benzene rings is 1. The molecule has 1 heterocycles. The number of methoxy groups -OCH3 is 1. The second-order valence-electron chi connectivity index (χ2n) is 5.94. The zero-order chi connectivity index (χ0) is 19.3. The van der Waals surface area contributed by atoms with Gasteiger partial charge in [-0.3, -0.25) is 4.79 Å². The largest absolute Gasteiger partial charge is 0.493 e. The molecule has 2 aromatic rings. The number of carbonyl (C=O) groups excluding carboxylic acids is 1. The Morgan fingerprint density at radius 1 is 1.27 bits per heavy atom. The van der Waals surface area contributed by atoms with Gasteiger partial charge in [0.05, 0.1) is 18.2 Å². The van der Waals surface area contributed by atoms with E-state index in [1.807, 2.05) is 25.3 Å². The maximum atomic E-state index is 12.8. The van der Waals surface area contributed by atoms with Crippen LogP contribution in [0.2, 0.25) is 0 Å². The summed E-state index contributed by atoms with van der Waals surface area (Å²) < 4.78 is 33.1. The van der Waals surface area contributed by atoms with Gasteiger partial charge in [0.25, 0.3) is 5.91 Å². The summed E-state index contributed by atoms with van der Waals surface area (Å²) in [5.41, 5.74) is 0.759. The van der Waals surface area contributed by atoms with Crippen molar-refractivity contribution in [2.75, 3.05) is 13.4 Å².